The van der Waals surface area contributed by atoms with E-state index in [2.05, 4.69) is 5.18 Å². The topological polar surface area (TPSA) is 98.8 Å². The maximum absolute atomic E-state index is 12.4. The van der Waals surface area contributed by atoms with Crippen LogP contribution in [0.3, 0.4) is 0 Å². The van der Waals surface area contributed by atoms with Crippen LogP contribution in [0.15, 0.2) is 35.5 Å². The van der Waals surface area contributed by atoms with Crippen LogP contribution >= 0.6 is 12.8 Å². The van der Waals surface area contributed by atoms with E-state index < -0.39 is 22.8 Å². The molecule has 2 N–H and O–H groups in total. The molecular formula is C18H26N3O4S+. The Morgan fingerprint density at radius 2 is 1.88 bits per heavy atom. The Balaban J connectivity index is 2.25. The normalized spacial score (nSPS) is 28.0. The number of carbonyl (C=O) groups excluding carboxylic acids is 2. The van der Waals surface area contributed by atoms with E-state index in [0.717, 1.165) is 5.56 Å². The molecule has 0 bridgehead atoms. The minimum Gasteiger partial charge on any atom is -0.464 e. The van der Waals surface area contributed by atoms with Gasteiger partial charge in [-0.1, -0.05) is 35.5 Å². The molecule has 0 aromatic heterocycles. The average Bonchev–Trinajstić information content (AvgIpc) is 2.62. The van der Waals surface area contributed by atoms with Crippen molar-refractivity contribution in [3.8, 4) is 0 Å². The number of piperidine rings is 1. The summed E-state index contributed by atoms with van der Waals surface area (Å²) < 4.78 is 5.38. The number of Topliss-reactive ketones (excluding diaryl/α,β-unsaturated/α-hetero) is 1. The third kappa shape index (κ3) is 3.67. The molecule has 1 aliphatic rings. The van der Waals surface area contributed by atoms with Crippen molar-refractivity contribution in [3.05, 3.63) is 40.8 Å². The molecule has 1 atom stereocenters. The van der Waals surface area contributed by atoms with Crippen LogP contribution in [0.4, 0.5) is 0 Å². The lowest BCUT2D eigenvalue weighted by Gasteiger charge is -2.46. The van der Waals surface area contributed by atoms with Gasteiger partial charge in [-0.3, -0.25) is 8.68 Å². The number of esters is 1. The van der Waals surface area contributed by atoms with Crippen LogP contribution in [0.2, 0.25) is 0 Å². The number of quaternary nitrogens is 1. The number of likely N-dealkylation sites (tertiary alicyclic amines) is 1. The summed E-state index contributed by atoms with van der Waals surface area (Å²) in [4.78, 5) is 36.5. The summed E-state index contributed by atoms with van der Waals surface area (Å²) in [6, 6.07) is 9.88. The van der Waals surface area contributed by atoms with Crippen LogP contribution in [0.1, 0.15) is 32.3 Å². The summed E-state index contributed by atoms with van der Waals surface area (Å²) in [7, 11) is 0. The Hall–Kier alpha value is -1.77. The number of hydrogen-bond donors (Lipinski definition) is 2. The summed E-state index contributed by atoms with van der Waals surface area (Å²) in [5.74, 6) is -1.51. The van der Waals surface area contributed by atoms with Crippen molar-refractivity contribution in [3.63, 3.8) is 0 Å². The first-order valence-electron chi connectivity index (χ1n) is 8.67. The number of benzene rings is 1. The third-order valence-corrected chi connectivity index (χ3v) is 5.81. The van der Waals surface area contributed by atoms with Gasteiger partial charge in [0.05, 0.1) is 32.5 Å². The van der Waals surface area contributed by atoms with Crippen molar-refractivity contribution in [1.29, 1.82) is 0 Å². The Bertz CT molecular complexity index is 674. The Morgan fingerprint density at radius 1 is 1.31 bits per heavy atom. The molecule has 8 heteroatoms. The maximum Gasteiger partial charge on any atom is 0.336 e. The summed E-state index contributed by atoms with van der Waals surface area (Å²) in [6.45, 7) is 4.46. The smallest absolute Gasteiger partial charge is 0.336 e. The molecule has 1 saturated heterocycles. The van der Waals surface area contributed by atoms with Gasteiger partial charge < -0.3 is 10.5 Å². The number of nitrogens with two attached hydrogens (primary N) is 1. The van der Waals surface area contributed by atoms with Crippen LogP contribution in [0.25, 0.3) is 0 Å². The lowest BCUT2D eigenvalue weighted by molar-refractivity contribution is -0.813. The minimum atomic E-state index is -2.07. The zero-order valence-corrected chi connectivity index (χ0v) is 16.1. The molecule has 1 aliphatic heterocycles. The van der Waals surface area contributed by atoms with Crippen molar-refractivity contribution in [1.82, 2.24) is 0 Å². The molecule has 1 aromatic carbocycles. The summed E-state index contributed by atoms with van der Waals surface area (Å²) >= 11 is 4.77. The van der Waals surface area contributed by atoms with Crippen molar-refractivity contribution in [2.75, 3.05) is 19.7 Å². The molecule has 1 aromatic rings. The van der Waals surface area contributed by atoms with Gasteiger partial charge in [0.2, 0.25) is 5.54 Å². The van der Waals surface area contributed by atoms with Crippen LogP contribution in [0, 0.1) is 4.91 Å². The lowest BCUT2D eigenvalue weighted by atomic mass is 9.69. The fraction of sp³-hybridized carbons (Fsp3) is 0.556. The fourth-order valence-corrected chi connectivity index (χ4v) is 3.93. The van der Waals surface area contributed by atoms with E-state index in [0.29, 0.717) is 23.5 Å². The quantitative estimate of drug-likeness (QED) is 0.248. The zero-order chi connectivity index (χ0) is 19.4. The second-order valence-corrected chi connectivity index (χ2v) is 7.74. The van der Waals surface area contributed by atoms with Crippen molar-refractivity contribution >= 4 is 24.6 Å². The maximum atomic E-state index is 12.4. The number of nitrogens with zero attached hydrogens (tertiary/aromatic N) is 2. The van der Waals surface area contributed by atoms with E-state index in [9.17, 15) is 14.5 Å². The van der Waals surface area contributed by atoms with Gasteiger partial charge in [0.1, 0.15) is 12.1 Å². The first-order chi connectivity index (χ1) is 12.2. The van der Waals surface area contributed by atoms with Crippen LogP contribution in [-0.4, -0.2) is 46.4 Å². The number of hydrogen-bond acceptors (Lipinski definition) is 7. The van der Waals surface area contributed by atoms with Crippen LogP contribution in [-0.2, 0) is 20.9 Å². The predicted octanol–water partition coefficient (Wildman–Crippen LogP) is 2.00. The lowest BCUT2D eigenvalue weighted by Crippen LogP contribution is -2.72. The van der Waals surface area contributed by atoms with Crippen molar-refractivity contribution < 1.29 is 18.2 Å². The standard InChI is InChI=1S/C18H26N3O4S/c1-3-25-16(23)18(19,14(2)22)17(20-24)9-11-21(26,12-10-17)13-15-7-5-4-6-8-15/h4-8,26H,3,9-13,19H2,1-2H3/q+1. The number of ketones is 1. The van der Waals surface area contributed by atoms with Crippen LogP contribution < -0.4 is 5.73 Å². The van der Waals surface area contributed by atoms with E-state index in [1.54, 1.807) is 6.92 Å². The Morgan fingerprint density at radius 3 is 2.35 bits per heavy atom. The van der Waals surface area contributed by atoms with Gasteiger partial charge in [0, 0.05) is 18.4 Å². The fourth-order valence-electron chi connectivity index (χ4n) is 3.57. The third-order valence-electron chi connectivity index (χ3n) is 5.26. The number of thiol groups is 1. The van der Waals surface area contributed by atoms with Gasteiger partial charge in [-0.15, -0.1) is 0 Å². The molecule has 0 aliphatic carbocycles. The second kappa shape index (κ2) is 7.85. The van der Waals surface area contributed by atoms with Gasteiger partial charge in [-0.2, -0.15) is 4.91 Å². The SMILES string of the molecule is CCOC(=O)C(N)(C(C)=O)C1(N=O)CC[N+](S)(Cc2ccccc2)CC1. The largest absolute Gasteiger partial charge is 0.464 e. The molecule has 142 valence electrons. The highest BCUT2D eigenvalue weighted by Gasteiger charge is 2.63. The zero-order valence-electron chi connectivity index (χ0n) is 15.2. The molecule has 0 amide bonds. The average molecular weight is 380 g/mol. The van der Waals surface area contributed by atoms with E-state index >= 15 is 0 Å². The second-order valence-electron chi connectivity index (χ2n) is 6.89. The molecule has 2 rings (SSSR count). The van der Waals surface area contributed by atoms with Crippen molar-refractivity contribution in [2.45, 2.75) is 44.3 Å². The molecule has 26 heavy (non-hydrogen) atoms. The molecule has 1 heterocycles. The van der Waals surface area contributed by atoms with Gasteiger partial charge in [0.25, 0.3) is 0 Å². The van der Waals surface area contributed by atoms with Crippen LogP contribution in [0.5, 0.6) is 0 Å². The first-order valence-corrected chi connectivity index (χ1v) is 9.07. The first kappa shape index (κ1) is 20.5. The Kier molecular flexibility index (Phi) is 6.21. The summed E-state index contributed by atoms with van der Waals surface area (Å²) in [5, 5.41) is 3.21. The van der Waals surface area contributed by atoms with E-state index in [-0.39, 0.29) is 19.4 Å². The minimum absolute atomic E-state index is 0.0700. The molecule has 1 fully saturated rings. The molecule has 0 saturated carbocycles. The number of ether oxygens (including phenoxy) is 1. The summed E-state index contributed by atoms with van der Waals surface area (Å²) in [6.07, 6.45) is 0.365. The number of nitroso groups, excluding NO2 is 1. The van der Waals surface area contributed by atoms with E-state index in [1.165, 1.54) is 6.92 Å². The van der Waals surface area contributed by atoms with Gasteiger partial charge in [-0.25, -0.2) is 4.79 Å². The molecule has 0 radical (unpaired) electrons. The summed E-state index contributed by atoms with van der Waals surface area (Å²) in [5.41, 5.74) is 3.70. The number of carbonyl (C=O) groups is 2. The monoisotopic (exact) mass is 380 g/mol. The molecule has 1 unspecified atom stereocenters. The van der Waals surface area contributed by atoms with E-state index in [1.807, 2.05) is 30.3 Å². The highest BCUT2D eigenvalue weighted by Crippen LogP contribution is 2.40. The van der Waals surface area contributed by atoms with Crippen molar-refractivity contribution in [2.24, 2.45) is 10.9 Å². The molecular weight excluding hydrogens is 354 g/mol. The Labute approximate surface area is 159 Å². The van der Waals surface area contributed by atoms with Gasteiger partial charge >= 0.3 is 5.97 Å². The molecule has 7 nitrogen and oxygen atoms in total. The molecule has 0 spiro atoms. The number of rotatable bonds is 7. The highest BCUT2D eigenvalue weighted by molar-refractivity contribution is 7.74. The van der Waals surface area contributed by atoms with Gasteiger partial charge in [-0.05, 0) is 13.8 Å². The van der Waals surface area contributed by atoms with E-state index in [4.69, 9.17) is 23.3 Å². The predicted molar refractivity (Wildman–Crippen MR) is 101 cm³/mol. The highest BCUT2D eigenvalue weighted by atomic mass is 32.1. The van der Waals surface area contributed by atoms with Gasteiger partial charge in [0.15, 0.2) is 5.78 Å².